The van der Waals surface area contributed by atoms with Crippen LogP contribution in [0, 0.1) is 0 Å². The molecule has 0 saturated carbocycles. The highest BCUT2D eigenvalue weighted by Gasteiger charge is 2.34. The van der Waals surface area contributed by atoms with Crippen LogP contribution >= 0.6 is 0 Å². The van der Waals surface area contributed by atoms with Crippen molar-refractivity contribution in [2.45, 2.75) is 70.6 Å². The first-order valence-corrected chi connectivity index (χ1v) is 8.57. The lowest BCUT2D eigenvalue weighted by Crippen LogP contribution is -2.40. The van der Waals surface area contributed by atoms with E-state index < -0.39 is 11.0 Å². The summed E-state index contributed by atoms with van der Waals surface area (Å²) in [6, 6.07) is 0.500. The van der Waals surface area contributed by atoms with Gasteiger partial charge in [0.2, 0.25) is 0 Å². The second kappa shape index (κ2) is 8.01. The van der Waals surface area contributed by atoms with Gasteiger partial charge in [-0.1, -0.05) is 31.2 Å². The first kappa shape index (κ1) is 16.6. The molecule has 0 aromatic heterocycles. The van der Waals surface area contributed by atoms with Gasteiger partial charge in [0.05, 0.1) is 15.7 Å². The number of hydrogen-bond acceptors (Lipinski definition) is 1. The number of allylic oxidation sites excluding steroid dienone is 4. The molecule has 0 aliphatic carbocycles. The van der Waals surface area contributed by atoms with Crippen LogP contribution in [0.15, 0.2) is 24.3 Å². The summed E-state index contributed by atoms with van der Waals surface area (Å²) in [7, 11) is -0.858. The van der Waals surface area contributed by atoms with E-state index in [1.807, 2.05) is 0 Å². The van der Waals surface area contributed by atoms with Crippen molar-refractivity contribution in [3.8, 4) is 0 Å². The maximum absolute atomic E-state index is 12.5. The Balaban J connectivity index is 2.43. The van der Waals surface area contributed by atoms with Crippen LogP contribution in [0.5, 0.6) is 0 Å². The van der Waals surface area contributed by atoms with Gasteiger partial charge in [-0.3, -0.25) is 0 Å². The Hall–Kier alpha value is -0.410. The van der Waals surface area contributed by atoms with E-state index >= 15 is 0 Å². The zero-order valence-electron chi connectivity index (χ0n) is 12.9. The van der Waals surface area contributed by atoms with Crippen LogP contribution in [0.3, 0.4) is 0 Å². The SMILES string of the molecule is CC/C=C/C=C/CC[C@H]1CCCN1[S@](=O)C(C)(C)C. The molecule has 19 heavy (non-hydrogen) atoms. The summed E-state index contributed by atoms with van der Waals surface area (Å²) in [5, 5.41) is 0. The molecule has 1 fully saturated rings. The summed E-state index contributed by atoms with van der Waals surface area (Å²) in [6.07, 6.45) is 14.3. The van der Waals surface area contributed by atoms with Gasteiger partial charge in [0.1, 0.15) is 0 Å². The lowest BCUT2D eigenvalue weighted by molar-refractivity contribution is 0.387. The van der Waals surface area contributed by atoms with Gasteiger partial charge in [0.25, 0.3) is 0 Å². The van der Waals surface area contributed by atoms with Crippen molar-refractivity contribution in [2.24, 2.45) is 0 Å². The van der Waals surface area contributed by atoms with Crippen molar-refractivity contribution in [3.63, 3.8) is 0 Å². The molecule has 3 heteroatoms. The summed E-state index contributed by atoms with van der Waals surface area (Å²) in [6.45, 7) is 9.33. The molecule has 110 valence electrons. The van der Waals surface area contributed by atoms with Gasteiger partial charge >= 0.3 is 0 Å². The van der Waals surface area contributed by atoms with Crippen molar-refractivity contribution < 1.29 is 4.21 Å². The Morgan fingerprint density at radius 3 is 2.58 bits per heavy atom. The average Bonchev–Trinajstić information content (AvgIpc) is 2.79. The van der Waals surface area contributed by atoms with Crippen molar-refractivity contribution in [1.29, 1.82) is 0 Å². The molecular formula is C16H29NOS. The van der Waals surface area contributed by atoms with Crippen LogP contribution in [0.4, 0.5) is 0 Å². The van der Waals surface area contributed by atoms with Gasteiger partial charge in [-0.25, -0.2) is 8.51 Å². The fraction of sp³-hybridized carbons (Fsp3) is 0.750. The largest absolute Gasteiger partial charge is 0.242 e. The van der Waals surface area contributed by atoms with Crippen LogP contribution in [0.25, 0.3) is 0 Å². The number of hydrogen-bond donors (Lipinski definition) is 0. The minimum atomic E-state index is -0.858. The minimum absolute atomic E-state index is 0.137. The molecule has 0 bridgehead atoms. The van der Waals surface area contributed by atoms with Gasteiger partial charge in [0.15, 0.2) is 0 Å². The first-order valence-electron chi connectivity index (χ1n) is 7.47. The highest BCUT2D eigenvalue weighted by atomic mass is 32.2. The minimum Gasteiger partial charge on any atom is -0.242 e. The summed E-state index contributed by atoms with van der Waals surface area (Å²) in [4.78, 5) is 0. The van der Waals surface area contributed by atoms with Crippen LogP contribution < -0.4 is 0 Å². The van der Waals surface area contributed by atoms with Gasteiger partial charge in [-0.05, 0) is 52.9 Å². The monoisotopic (exact) mass is 283 g/mol. The van der Waals surface area contributed by atoms with Crippen molar-refractivity contribution in [2.75, 3.05) is 6.54 Å². The fourth-order valence-corrected chi connectivity index (χ4v) is 3.83. The predicted octanol–water partition coefficient (Wildman–Crippen LogP) is 4.22. The smallest absolute Gasteiger partial charge is 0.0999 e. The molecular weight excluding hydrogens is 254 g/mol. The molecule has 0 amide bonds. The van der Waals surface area contributed by atoms with Gasteiger partial charge in [0, 0.05) is 12.6 Å². The molecule has 1 aliphatic heterocycles. The van der Waals surface area contributed by atoms with E-state index in [2.05, 4.69) is 56.3 Å². The van der Waals surface area contributed by atoms with Crippen molar-refractivity contribution >= 4 is 11.0 Å². The standard InChI is InChI=1S/C16H29NOS/c1-5-6-7-8-9-10-12-15-13-11-14-17(15)19(18)16(2,3)4/h6-9,15H,5,10-14H2,1-4H3/b7-6+,9-8+/t15-,19+/m0/s1. The van der Waals surface area contributed by atoms with Crippen LogP contribution in [0.1, 0.15) is 59.8 Å². The van der Waals surface area contributed by atoms with Crippen molar-refractivity contribution in [1.82, 2.24) is 4.31 Å². The lowest BCUT2D eigenvalue weighted by atomic mass is 10.1. The summed E-state index contributed by atoms with van der Waals surface area (Å²) in [5.41, 5.74) is 0. The molecule has 0 unspecified atom stereocenters. The second-order valence-electron chi connectivity index (χ2n) is 6.14. The van der Waals surface area contributed by atoms with E-state index in [1.165, 1.54) is 12.8 Å². The topological polar surface area (TPSA) is 20.3 Å². The molecule has 2 nitrogen and oxygen atoms in total. The average molecular weight is 283 g/mol. The third kappa shape index (κ3) is 5.62. The van der Waals surface area contributed by atoms with E-state index in [9.17, 15) is 4.21 Å². The maximum atomic E-state index is 12.5. The molecule has 0 N–H and O–H groups in total. The van der Waals surface area contributed by atoms with Gasteiger partial charge < -0.3 is 0 Å². The second-order valence-corrected chi connectivity index (χ2v) is 8.33. The highest BCUT2D eigenvalue weighted by molar-refractivity contribution is 7.84. The third-order valence-corrected chi connectivity index (χ3v) is 5.30. The molecule has 1 rings (SSSR count). The van der Waals surface area contributed by atoms with E-state index in [0.717, 1.165) is 25.8 Å². The Bertz CT molecular complexity index is 341. The predicted molar refractivity (Wildman–Crippen MR) is 85.4 cm³/mol. The fourth-order valence-electron chi connectivity index (χ4n) is 2.35. The van der Waals surface area contributed by atoms with E-state index in [-0.39, 0.29) is 4.75 Å². The van der Waals surface area contributed by atoms with Gasteiger partial charge in [-0.2, -0.15) is 0 Å². The first-order chi connectivity index (χ1) is 8.96. The van der Waals surface area contributed by atoms with Crippen molar-refractivity contribution in [3.05, 3.63) is 24.3 Å². The Morgan fingerprint density at radius 2 is 1.95 bits per heavy atom. The Kier molecular flexibility index (Phi) is 7.01. The summed E-state index contributed by atoms with van der Waals surface area (Å²) < 4.78 is 14.5. The van der Waals surface area contributed by atoms with Crippen LogP contribution in [-0.2, 0) is 11.0 Å². The van der Waals surface area contributed by atoms with E-state index in [1.54, 1.807) is 0 Å². The van der Waals surface area contributed by atoms with Gasteiger partial charge in [-0.15, -0.1) is 0 Å². The molecule has 0 aromatic rings. The number of rotatable bonds is 6. The zero-order valence-corrected chi connectivity index (χ0v) is 13.7. The molecule has 1 saturated heterocycles. The van der Waals surface area contributed by atoms with E-state index in [4.69, 9.17) is 0 Å². The number of nitrogens with zero attached hydrogens (tertiary/aromatic N) is 1. The molecule has 0 spiro atoms. The summed E-state index contributed by atoms with van der Waals surface area (Å²) in [5.74, 6) is 0. The maximum Gasteiger partial charge on any atom is 0.0999 e. The molecule has 1 aliphatic rings. The normalized spacial score (nSPS) is 23.7. The molecule has 1 heterocycles. The van der Waals surface area contributed by atoms with E-state index in [0.29, 0.717) is 6.04 Å². The summed E-state index contributed by atoms with van der Waals surface area (Å²) >= 11 is 0. The van der Waals surface area contributed by atoms with Crippen LogP contribution in [0.2, 0.25) is 0 Å². The highest BCUT2D eigenvalue weighted by Crippen LogP contribution is 2.27. The molecule has 0 aromatic carbocycles. The molecule has 0 radical (unpaired) electrons. The Morgan fingerprint density at radius 1 is 1.26 bits per heavy atom. The molecule has 2 atom stereocenters. The third-order valence-electron chi connectivity index (χ3n) is 3.35. The lowest BCUT2D eigenvalue weighted by Gasteiger charge is -2.29. The zero-order chi connectivity index (χ0) is 14.3. The van der Waals surface area contributed by atoms with Crippen LogP contribution in [-0.4, -0.2) is 25.8 Å². The Labute approximate surface area is 121 Å². The quantitative estimate of drug-likeness (QED) is 0.668.